The average molecular weight is 259 g/mol. The monoisotopic (exact) mass is 259 g/mol. The van der Waals surface area contributed by atoms with Crippen LogP contribution in [0.1, 0.15) is 49.3 Å². The fourth-order valence-electron chi connectivity index (χ4n) is 2.12. The van der Waals surface area contributed by atoms with Crippen LogP contribution in [0, 0.1) is 6.92 Å². The zero-order valence-corrected chi connectivity index (χ0v) is 12.4. The Morgan fingerprint density at radius 1 is 1.21 bits per heavy atom. The van der Waals surface area contributed by atoms with Crippen LogP contribution in [-0.2, 0) is 12.8 Å². The first-order valence-electron chi connectivity index (χ1n) is 7.05. The summed E-state index contributed by atoms with van der Waals surface area (Å²) in [6.45, 7) is 8.20. The molecule has 0 saturated carbocycles. The number of H-pyrrole nitrogens is 1. The zero-order valence-electron chi connectivity index (χ0n) is 12.4. The molecule has 1 aromatic heterocycles. The smallest absolute Gasteiger partial charge is 0.0824 e. The Bertz CT molecular complexity index is 474. The van der Waals surface area contributed by atoms with Gasteiger partial charge < -0.3 is 5.73 Å². The molecule has 1 atom stereocenters. The van der Waals surface area contributed by atoms with Crippen molar-refractivity contribution in [1.82, 2.24) is 10.2 Å². The number of aromatic amines is 1. The minimum atomic E-state index is -0.0334. The van der Waals surface area contributed by atoms with Crippen molar-refractivity contribution in [2.75, 3.05) is 0 Å². The molecule has 0 bridgehead atoms. The standard InChI is InChI=1S/C14H19N3.C2H6/c1-3-13-10(2)14(17-16-13)12(15)9-11-7-5-4-6-8-11;1-2/h4-8,12H,3,9,15H2,1-2H3,(H,16,17);1-2H3. The highest BCUT2D eigenvalue weighted by molar-refractivity contribution is 5.28. The lowest BCUT2D eigenvalue weighted by Gasteiger charge is -2.10. The minimum Gasteiger partial charge on any atom is -0.322 e. The van der Waals surface area contributed by atoms with E-state index in [1.54, 1.807) is 0 Å². The molecular formula is C16H25N3. The van der Waals surface area contributed by atoms with Gasteiger partial charge in [0.25, 0.3) is 0 Å². The van der Waals surface area contributed by atoms with E-state index in [1.807, 2.05) is 32.0 Å². The molecule has 3 nitrogen and oxygen atoms in total. The van der Waals surface area contributed by atoms with E-state index in [9.17, 15) is 0 Å². The summed E-state index contributed by atoms with van der Waals surface area (Å²) in [5, 5.41) is 7.39. The molecular weight excluding hydrogens is 234 g/mol. The molecule has 1 unspecified atom stereocenters. The quantitative estimate of drug-likeness (QED) is 0.882. The number of benzene rings is 1. The molecule has 0 radical (unpaired) electrons. The maximum absolute atomic E-state index is 6.21. The molecule has 3 N–H and O–H groups in total. The number of nitrogens with two attached hydrogens (primary N) is 1. The number of hydrogen-bond acceptors (Lipinski definition) is 2. The summed E-state index contributed by atoms with van der Waals surface area (Å²) < 4.78 is 0. The van der Waals surface area contributed by atoms with Gasteiger partial charge >= 0.3 is 0 Å². The van der Waals surface area contributed by atoms with Crippen molar-refractivity contribution >= 4 is 0 Å². The molecule has 19 heavy (non-hydrogen) atoms. The van der Waals surface area contributed by atoms with E-state index in [-0.39, 0.29) is 6.04 Å². The van der Waals surface area contributed by atoms with E-state index >= 15 is 0 Å². The van der Waals surface area contributed by atoms with Crippen LogP contribution in [0.15, 0.2) is 30.3 Å². The Hall–Kier alpha value is -1.61. The Morgan fingerprint density at radius 3 is 2.37 bits per heavy atom. The highest BCUT2D eigenvalue weighted by atomic mass is 15.1. The van der Waals surface area contributed by atoms with Crippen molar-refractivity contribution < 1.29 is 0 Å². The van der Waals surface area contributed by atoms with Gasteiger partial charge in [0.15, 0.2) is 0 Å². The van der Waals surface area contributed by atoms with Gasteiger partial charge in [0.05, 0.1) is 11.7 Å². The third-order valence-electron chi connectivity index (χ3n) is 3.15. The summed E-state index contributed by atoms with van der Waals surface area (Å²) >= 11 is 0. The maximum atomic E-state index is 6.21. The lowest BCUT2D eigenvalue weighted by molar-refractivity contribution is 0.688. The number of hydrogen-bond donors (Lipinski definition) is 2. The summed E-state index contributed by atoms with van der Waals surface area (Å²) in [4.78, 5) is 0. The van der Waals surface area contributed by atoms with Gasteiger partial charge in [0.1, 0.15) is 0 Å². The average Bonchev–Trinajstić information content (AvgIpc) is 2.83. The lowest BCUT2D eigenvalue weighted by atomic mass is 10.0. The number of aryl methyl sites for hydroxylation is 1. The van der Waals surface area contributed by atoms with Crippen molar-refractivity contribution in [3.05, 3.63) is 52.8 Å². The maximum Gasteiger partial charge on any atom is 0.0824 e. The largest absolute Gasteiger partial charge is 0.322 e. The zero-order chi connectivity index (χ0) is 14.3. The normalized spacial score (nSPS) is 11.6. The van der Waals surface area contributed by atoms with E-state index in [0.29, 0.717) is 0 Å². The topological polar surface area (TPSA) is 54.7 Å². The molecule has 0 spiro atoms. The van der Waals surface area contributed by atoms with E-state index < -0.39 is 0 Å². The third-order valence-corrected chi connectivity index (χ3v) is 3.15. The van der Waals surface area contributed by atoms with Crippen LogP contribution < -0.4 is 5.73 Å². The highest BCUT2D eigenvalue weighted by Crippen LogP contribution is 2.19. The van der Waals surface area contributed by atoms with Gasteiger partial charge in [-0.15, -0.1) is 0 Å². The van der Waals surface area contributed by atoms with Crippen LogP contribution >= 0.6 is 0 Å². The summed E-state index contributed by atoms with van der Waals surface area (Å²) in [7, 11) is 0. The van der Waals surface area contributed by atoms with Crippen molar-refractivity contribution in [2.24, 2.45) is 5.73 Å². The molecule has 1 aromatic carbocycles. The lowest BCUT2D eigenvalue weighted by Crippen LogP contribution is -2.15. The van der Waals surface area contributed by atoms with Crippen molar-refractivity contribution in [3.63, 3.8) is 0 Å². The molecule has 0 aliphatic heterocycles. The fraction of sp³-hybridized carbons (Fsp3) is 0.438. The molecule has 2 aromatic rings. The predicted octanol–water partition coefficient (Wildman–Crippen LogP) is 3.55. The van der Waals surface area contributed by atoms with Crippen LogP contribution in [-0.4, -0.2) is 10.2 Å². The summed E-state index contributed by atoms with van der Waals surface area (Å²) in [6.07, 6.45) is 1.80. The van der Waals surface area contributed by atoms with E-state index in [2.05, 4.69) is 36.2 Å². The van der Waals surface area contributed by atoms with Gasteiger partial charge in [0, 0.05) is 5.69 Å². The second-order valence-corrected chi connectivity index (χ2v) is 4.36. The molecule has 0 aliphatic rings. The Kier molecular flexibility index (Phi) is 6.30. The first-order chi connectivity index (χ1) is 9.22. The van der Waals surface area contributed by atoms with E-state index in [1.165, 1.54) is 16.8 Å². The van der Waals surface area contributed by atoms with Gasteiger partial charge in [-0.1, -0.05) is 51.1 Å². The van der Waals surface area contributed by atoms with Crippen LogP contribution in [0.25, 0.3) is 0 Å². The van der Waals surface area contributed by atoms with E-state index in [4.69, 9.17) is 5.73 Å². The Balaban J connectivity index is 0.000000861. The van der Waals surface area contributed by atoms with Crippen LogP contribution in [0.4, 0.5) is 0 Å². The van der Waals surface area contributed by atoms with Crippen molar-refractivity contribution in [1.29, 1.82) is 0 Å². The Morgan fingerprint density at radius 2 is 1.84 bits per heavy atom. The fourth-order valence-corrected chi connectivity index (χ4v) is 2.12. The van der Waals surface area contributed by atoms with Crippen molar-refractivity contribution in [2.45, 2.75) is 46.6 Å². The molecule has 3 heteroatoms. The number of nitrogens with zero attached hydrogens (tertiary/aromatic N) is 1. The van der Waals surface area contributed by atoms with Crippen LogP contribution in [0.5, 0.6) is 0 Å². The van der Waals surface area contributed by atoms with Crippen molar-refractivity contribution in [3.8, 4) is 0 Å². The number of rotatable bonds is 4. The molecule has 1 heterocycles. The second-order valence-electron chi connectivity index (χ2n) is 4.36. The summed E-state index contributed by atoms with van der Waals surface area (Å²) in [5.41, 5.74) is 10.8. The molecule has 0 fully saturated rings. The first kappa shape index (κ1) is 15.4. The molecule has 0 aliphatic carbocycles. The molecule has 0 saturated heterocycles. The number of aromatic nitrogens is 2. The Labute approximate surface area is 116 Å². The molecule has 104 valence electrons. The first-order valence-corrected chi connectivity index (χ1v) is 7.05. The number of nitrogens with one attached hydrogen (secondary N) is 1. The highest BCUT2D eigenvalue weighted by Gasteiger charge is 2.15. The second kappa shape index (κ2) is 7.74. The molecule has 2 rings (SSSR count). The predicted molar refractivity (Wildman–Crippen MR) is 81.1 cm³/mol. The SMILES string of the molecule is CC.CCc1[nH]nc(C(N)Cc2ccccc2)c1C. The van der Waals surface area contributed by atoms with Gasteiger partial charge in [-0.25, -0.2) is 0 Å². The van der Waals surface area contributed by atoms with Gasteiger partial charge in [-0.05, 0) is 30.9 Å². The van der Waals surface area contributed by atoms with Gasteiger partial charge in [-0.2, -0.15) is 5.10 Å². The molecule has 0 amide bonds. The van der Waals surface area contributed by atoms with Gasteiger partial charge in [-0.3, -0.25) is 5.10 Å². The van der Waals surface area contributed by atoms with Crippen LogP contribution in [0.3, 0.4) is 0 Å². The summed E-state index contributed by atoms with van der Waals surface area (Å²) in [6, 6.07) is 10.3. The minimum absolute atomic E-state index is 0.0334. The van der Waals surface area contributed by atoms with Crippen LogP contribution in [0.2, 0.25) is 0 Å². The third kappa shape index (κ3) is 3.93. The van der Waals surface area contributed by atoms with Gasteiger partial charge in [0.2, 0.25) is 0 Å². The summed E-state index contributed by atoms with van der Waals surface area (Å²) in [5.74, 6) is 0. The van der Waals surface area contributed by atoms with E-state index in [0.717, 1.165) is 18.5 Å².